The second-order valence-electron chi connectivity index (χ2n) is 4.80. The van der Waals surface area contributed by atoms with Gasteiger partial charge >= 0.3 is 0 Å². The quantitative estimate of drug-likeness (QED) is 0.774. The summed E-state index contributed by atoms with van der Waals surface area (Å²) in [5, 5.41) is 9.52. The van der Waals surface area contributed by atoms with Crippen LogP contribution in [0, 0.1) is 0 Å². The Hall–Kier alpha value is -1.97. The lowest BCUT2D eigenvalue weighted by Crippen LogP contribution is -2.07. The van der Waals surface area contributed by atoms with Gasteiger partial charge in [0, 0.05) is 11.4 Å². The van der Waals surface area contributed by atoms with E-state index in [0.717, 1.165) is 27.6 Å². The molecule has 1 unspecified atom stereocenters. The van der Waals surface area contributed by atoms with Gasteiger partial charge in [0.1, 0.15) is 0 Å². The minimum Gasteiger partial charge on any atom is -0.324 e. The van der Waals surface area contributed by atoms with Crippen LogP contribution in [0.5, 0.6) is 0 Å². The average molecular weight is 284 g/mol. The lowest BCUT2D eigenvalue weighted by Gasteiger charge is -2.14. The molecule has 3 nitrogen and oxygen atoms in total. The third-order valence-corrected chi connectivity index (χ3v) is 3.64. The maximum atomic E-state index is 6.21. The number of nitrogens with zero attached hydrogens (tertiary/aromatic N) is 2. The Balaban J connectivity index is 2.34. The number of nitrogens with two attached hydrogens (primary N) is 1. The van der Waals surface area contributed by atoms with Gasteiger partial charge in [0.15, 0.2) is 0 Å². The van der Waals surface area contributed by atoms with Crippen LogP contribution < -0.4 is 5.73 Å². The Morgan fingerprint density at radius 3 is 2.60 bits per heavy atom. The Morgan fingerprint density at radius 1 is 1.15 bits per heavy atom. The van der Waals surface area contributed by atoms with E-state index in [-0.39, 0.29) is 6.04 Å². The molecule has 1 atom stereocenters. The summed E-state index contributed by atoms with van der Waals surface area (Å²) in [6.07, 6.45) is 1.56. The highest BCUT2D eigenvalue weighted by Gasteiger charge is 2.12. The van der Waals surface area contributed by atoms with Crippen molar-refractivity contribution in [1.82, 2.24) is 10.2 Å². The normalized spacial score (nSPS) is 12.6. The molecule has 20 heavy (non-hydrogen) atoms. The Labute approximate surface area is 122 Å². The largest absolute Gasteiger partial charge is 0.324 e. The van der Waals surface area contributed by atoms with Gasteiger partial charge in [-0.05, 0) is 35.7 Å². The molecule has 1 heterocycles. The van der Waals surface area contributed by atoms with E-state index in [2.05, 4.69) is 22.3 Å². The number of hydrogen-bond donors (Lipinski definition) is 1. The van der Waals surface area contributed by atoms with Crippen LogP contribution in [-0.2, 0) is 0 Å². The topological polar surface area (TPSA) is 51.8 Å². The van der Waals surface area contributed by atoms with Gasteiger partial charge in [0.05, 0.1) is 16.7 Å². The van der Waals surface area contributed by atoms with Crippen molar-refractivity contribution < 1.29 is 0 Å². The van der Waals surface area contributed by atoms with Crippen LogP contribution >= 0.6 is 11.6 Å². The van der Waals surface area contributed by atoms with Gasteiger partial charge in [0.2, 0.25) is 0 Å². The summed E-state index contributed by atoms with van der Waals surface area (Å²) >= 11 is 6.21. The highest BCUT2D eigenvalue weighted by molar-refractivity contribution is 6.35. The number of aromatic nitrogens is 2. The molecule has 0 aliphatic rings. The van der Waals surface area contributed by atoms with Gasteiger partial charge in [-0.25, -0.2) is 0 Å². The van der Waals surface area contributed by atoms with Gasteiger partial charge in [-0.2, -0.15) is 10.2 Å². The average Bonchev–Trinajstić information content (AvgIpc) is 2.47. The van der Waals surface area contributed by atoms with Gasteiger partial charge in [0.25, 0.3) is 0 Å². The van der Waals surface area contributed by atoms with Gasteiger partial charge < -0.3 is 5.73 Å². The van der Waals surface area contributed by atoms with Gasteiger partial charge in [-0.1, -0.05) is 41.9 Å². The molecule has 1 aromatic heterocycles. The van der Waals surface area contributed by atoms with Crippen molar-refractivity contribution in [1.29, 1.82) is 0 Å². The number of benzene rings is 2. The molecule has 3 rings (SSSR count). The summed E-state index contributed by atoms with van der Waals surface area (Å²) in [7, 11) is 0. The highest BCUT2D eigenvalue weighted by Crippen LogP contribution is 2.33. The van der Waals surface area contributed by atoms with Crippen LogP contribution in [0.2, 0.25) is 5.02 Å². The van der Waals surface area contributed by atoms with Crippen molar-refractivity contribution in [2.24, 2.45) is 5.73 Å². The van der Waals surface area contributed by atoms with E-state index in [1.54, 1.807) is 6.20 Å². The lowest BCUT2D eigenvalue weighted by atomic mass is 9.94. The van der Waals surface area contributed by atoms with E-state index in [1.165, 1.54) is 0 Å². The van der Waals surface area contributed by atoms with Gasteiger partial charge in [-0.3, -0.25) is 0 Å². The molecule has 2 N–H and O–H groups in total. The fourth-order valence-corrected chi connectivity index (χ4v) is 2.53. The summed E-state index contributed by atoms with van der Waals surface area (Å²) in [6.45, 7) is 1.96. The first kappa shape index (κ1) is 13.0. The number of fused-ring (bicyclic) bond motifs is 1. The van der Waals surface area contributed by atoms with E-state index in [1.807, 2.05) is 37.3 Å². The van der Waals surface area contributed by atoms with Crippen LogP contribution in [0.4, 0.5) is 0 Å². The molecule has 0 radical (unpaired) electrons. The molecule has 0 fully saturated rings. The molecule has 2 aromatic carbocycles. The predicted octanol–water partition coefficient (Wildman–Crippen LogP) is 3.97. The zero-order chi connectivity index (χ0) is 14.1. The minimum atomic E-state index is -0.0876. The zero-order valence-electron chi connectivity index (χ0n) is 11.0. The summed E-state index contributed by atoms with van der Waals surface area (Å²) in [4.78, 5) is 0. The van der Waals surface area contributed by atoms with Crippen LogP contribution in [0.15, 0.2) is 48.7 Å². The highest BCUT2D eigenvalue weighted by atomic mass is 35.5. The van der Waals surface area contributed by atoms with Crippen LogP contribution in [0.1, 0.15) is 18.5 Å². The van der Waals surface area contributed by atoms with Crippen molar-refractivity contribution >= 4 is 22.5 Å². The summed E-state index contributed by atoms with van der Waals surface area (Å²) in [5.41, 5.74) is 10.1. The van der Waals surface area contributed by atoms with Crippen LogP contribution in [0.3, 0.4) is 0 Å². The summed E-state index contributed by atoms with van der Waals surface area (Å²) in [5.74, 6) is 0. The zero-order valence-corrected chi connectivity index (χ0v) is 11.8. The van der Waals surface area contributed by atoms with Crippen LogP contribution in [0.25, 0.3) is 22.0 Å². The fourth-order valence-electron chi connectivity index (χ4n) is 2.33. The van der Waals surface area contributed by atoms with Crippen molar-refractivity contribution in [3.8, 4) is 11.1 Å². The molecule has 3 aromatic rings. The van der Waals surface area contributed by atoms with Crippen molar-refractivity contribution in [3.05, 3.63) is 59.2 Å². The first-order valence-corrected chi connectivity index (χ1v) is 6.80. The van der Waals surface area contributed by atoms with E-state index in [4.69, 9.17) is 17.3 Å². The van der Waals surface area contributed by atoms with E-state index in [0.29, 0.717) is 5.02 Å². The smallest absolute Gasteiger partial charge is 0.0948 e. The molecule has 0 aliphatic heterocycles. The van der Waals surface area contributed by atoms with Gasteiger partial charge in [-0.15, -0.1) is 0 Å². The number of rotatable bonds is 2. The van der Waals surface area contributed by atoms with Crippen molar-refractivity contribution in [2.75, 3.05) is 0 Å². The number of hydrogen-bond acceptors (Lipinski definition) is 3. The fraction of sp³-hybridized carbons (Fsp3) is 0.125. The first-order valence-electron chi connectivity index (χ1n) is 6.42. The molecule has 0 aliphatic carbocycles. The predicted molar refractivity (Wildman–Crippen MR) is 82.6 cm³/mol. The molecule has 0 bridgehead atoms. The second-order valence-corrected chi connectivity index (χ2v) is 5.21. The lowest BCUT2D eigenvalue weighted by molar-refractivity contribution is 0.821. The third kappa shape index (κ3) is 2.26. The molecule has 0 amide bonds. The molecule has 0 saturated carbocycles. The van der Waals surface area contributed by atoms with E-state index < -0.39 is 0 Å². The second kappa shape index (κ2) is 5.19. The maximum absolute atomic E-state index is 6.21. The number of halogens is 1. The molecule has 0 spiro atoms. The Morgan fingerprint density at radius 2 is 1.90 bits per heavy atom. The SMILES string of the molecule is CC(N)c1cc2nncc(Cl)c2cc1-c1ccccc1. The Bertz CT molecular complexity index is 754. The Kier molecular flexibility index (Phi) is 3.38. The molecular formula is C16H14ClN3. The standard InChI is InChI=1S/C16H14ClN3/c1-10(18)12-8-16-14(15(17)9-19-20-16)7-13(12)11-5-3-2-4-6-11/h2-10H,18H2,1H3. The summed E-state index contributed by atoms with van der Waals surface area (Å²) in [6, 6.07) is 14.1. The molecule has 0 saturated heterocycles. The van der Waals surface area contributed by atoms with E-state index in [9.17, 15) is 0 Å². The van der Waals surface area contributed by atoms with Crippen molar-refractivity contribution in [2.45, 2.75) is 13.0 Å². The minimum absolute atomic E-state index is 0.0876. The molecule has 4 heteroatoms. The summed E-state index contributed by atoms with van der Waals surface area (Å²) < 4.78 is 0. The maximum Gasteiger partial charge on any atom is 0.0948 e. The van der Waals surface area contributed by atoms with Crippen LogP contribution in [-0.4, -0.2) is 10.2 Å². The van der Waals surface area contributed by atoms with Crippen molar-refractivity contribution in [3.63, 3.8) is 0 Å². The molecule has 100 valence electrons. The van der Waals surface area contributed by atoms with E-state index >= 15 is 0 Å². The first-order chi connectivity index (χ1) is 9.66. The monoisotopic (exact) mass is 283 g/mol. The third-order valence-electron chi connectivity index (χ3n) is 3.34. The molecular weight excluding hydrogens is 270 g/mol.